The number of amides is 1. The van der Waals surface area contributed by atoms with Gasteiger partial charge in [0, 0.05) is 44.2 Å². The number of hydrogen-bond donors (Lipinski definition) is 0. The summed E-state index contributed by atoms with van der Waals surface area (Å²) in [6.07, 6.45) is 9.19. The van der Waals surface area contributed by atoms with Crippen LogP contribution in [-0.2, 0) is 17.7 Å². The topological polar surface area (TPSA) is 72.0 Å². The first kappa shape index (κ1) is 26.3. The number of pyridine rings is 1. The van der Waals surface area contributed by atoms with Gasteiger partial charge in [-0.25, -0.2) is 4.79 Å². The fourth-order valence-electron chi connectivity index (χ4n) is 6.77. The van der Waals surface area contributed by atoms with Crippen molar-refractivity contribution in [2.45, 2.75) is 89.6 Å². The molecule has 1 saturated heterocycles. The summed E-state index contributed by atoms with van der Waals surface area (Å²) in [5.41, 5.74) is 6.77. The maximum atomic E-state index is 13.5. The summed E-state index contributed by atoms with van der Waals surface area (Å²) in [5.74, 6) is 2.08. The van der Waals surface area contributed by atoms with Crippen LogP contribution in [0.4, 0.5) is 0 Å². The fourth-order valence-corrected chi connectivity index (χ4v) is 6.77. The minimum Gasteiger partial charge on any atom is -0.494 e. The molecule has 208 valence electrons. The van der Waals surface area contributed by atoms with Crippen molar-refractivity contribution in [3.63, 3.8) is 0 Å². The molecule has 0 spiro atoms. The molecule has 2 aliphatic heterocycles. The van der Waals surface area contributed by atoms with Gasteiger partial charge in [0.1, 0.15) is 5.75 Å². The van der Waals surface area contributed by atoms with Crippen molar-refractivity contribution < 1.29 is 19.1 Å². The Bertz CT molecular complexity index is 1260. The highest BCUT2D eigenvalue weighted by Gasteiger charge is 2.36. The SMILES string of the molecule is CCOc1cc(CN2CCC(N3CCc4nc(C)c(C(=O)OC)cc4C3=O)CC2)cc(C2CC2)c1C1CCC1. The Balaban J connectivity index is 1.13. The first-order valence-corrected chi connectivity index (χ1v) is 14.9. The van der Waals surface area contributed by atoms with Gasteiger partial charge in [0.2, 0.25) is 0 Å². The van der Waals surface area contributed by atoms with E-state index in [0.29, 0.717) is 35.9 Å². The predicted octanol–water partition coefficient (Wildman–Crippen LogP) is 5.38. The average molecular weight is 532 g/mol. The van der Waals surface area contributed by atoms with E-state index in [9.17, 15) is 9.59 Å². The van der Waals surface area contributed by atoms with Crippen molar-refractivity contribution in [1.82, 2.24) is 14.8 Å². The Morgan fingerprint density at radius 2 is 1.79 bits per heavy atom. The Kier molecular flexibility index (Phi) is 7.36. The van der Waals surface area contributed by atoms with Crippen molar-refractivity contribution in [2.24, 2.45) is 0 Å². The fraction of sp³-hybridized carbons (Fsp3) is 0.594. The molecule has 0 unspecified atom stereocenters. The summed E-state index contributed by atoms with van der Waals surface area (Å²) in [6, 6.07) is 6.70. The monoisotopic (exact) mass is 531 g/mol. The molecule has 7 heteroatoms. The number of esters is 1. The van der Waals surface area contributed by atoms with Gasteiger partial charge in [-0.2, -0.15) is 0 Å². The Labute approximate surface area is 231 Å². The van der Waals surface area contributed by atoms with E-state index in [1.807, 2.05) is 4.90 Å². The molecule has 4 aliphatic rings. The molecule has 3 fully saturated rings. The number of carbonyl (C=O) groups excluding carboxylic acids is 2. The zero-order valence-corrected chi connectivity index (χ0v) is 23.6. The van der Waals surface area contributed by atoms with E-state index in [-0.39, 0.29) is 11.9 Å². The normalized spacial score (nSPS) is 20.5. The van der Waals surface area contributed by atoms with Gasteiger partial charge >= 0.3 is 5.97 Å². The molecule has 0 bridgehead atoms. The van der Waals surface area contributed by atoms with E-state index in [2.05, 4.69) is 28.9 Å². The minimum atomic E-state index is -0.445. The maximum absolute atomic E-state index is 13.5. The van der Waals surface area contributed by atoms with Crippen LogP contribution in [-0.4, -0.2) is 66.1 Å². The largest absolute Gasteiger partial charge is 0.494 e. The van der Waals surface area contributed by atoms with Crippen LogP contribution in [0.25, 0.3) is 0 Å². The Hall–Kier alpha value is -2.93. The second kappa shape index (κ2) is 10.9. The second-order valence-electron chi connectivity index (χ2n) is 11.8. The number of fused-ring (bicyclic) bond motifs is 1. The summed E-state index contributed by atoms with van der Waals surface area (Å²) in [4.78, 5) is 34.8. The first-order chi connectivity index (χ1) is 19.0. The smallest absolute Gasteiger partial charge is 0.339 e. The summed E-state index contributed by atoms with van der Waals surface area (Å²) in [5, 5.41) is 0. The van der Waals surface area contributed by atoms with E-state index in [4.69, 9.17) is 9.47 Å². The molecule has 1 amide bonds. The van der Waals surface area contributed by atoms with Crippen LogP contribution in [0.2, 0.25) is 0 Å². The number of hydrogen-bond acceptors (Lipinski definition) is 6. The molecule has 3 heterocycles. The molecule has 0 N–H and O–H groups in total. The number of methoxy groups -OCH3 is 1. The highest BCUT2D eigenvalue weighted by atomic mass is 16.5. The molecule has 1 aromatic heterocycles. The van der Waals surface area contributed by atoms with E-state index in [1.54, 1.807) is 18.6 Å². The number of carbonyl (C=O) groups is 2. The lowest BCUT2D eigenvalue weighted by atomic mass is 9.76. The van der Waals surface area contributed by atoms with Crippen molar-refractivity contribution in [2.75, 3.05) is 33.4 Å². The summed E-state index contributed by atoms with van der Waals surface area (Å²) in [7, 11) is 1.36. The third kappa shape index (κ3) is 5.18. The molecule has 39 heavy (non-hydrogen) atoms. The zero-order valence-electron chi connectivity index (χ0n) is 23.6. The lowest BCUT2D eigenvalue weighted by Crippen LogP contribution is -2.50. The van der Waals surface area contributed by atoms with Crippen molar-refractivity contribution in [3.05, 3.63) is 57.4 Å². The van der Waals surface area contributed by atoms with Crippen LogP contribution >= 0.6 is 0 Å². The van der Waals surface area contributed by atoms with Crippen molar-refractivity contribution in [1.29, 1.82) is 0 Å². The van der Waals surface area contributed by atoms with Crippen LogP contribution in [0, 0.1) is 6.92 Å². The lowest BCUT2D eigenvalue weighted by Gasteiger charge is -2.40. The van der Waals surface area contributed by atoms with Crippen molar-refractivity contribution in [3.8, 4) is 5.75 Å². The van der Waals surface area contributed by atoms with E-state index in [1.165, 1.54) is 50.3 Å². The number of nitrogens with zero attached hydrogens (tertiary/aromatic N) is 3. The van der Waals surface area contributed by atoms with Crippen LogP contribution < -0.4 is 4.74 Å². The molecular weight excluding hydrogens is 490 g/mol. The third-order valence-electron chi connectivity index (χ3n) is 9.25. The number of aromatic nitrogens is 1. The highest BCUT2D eigenvalue weighted by molar-refractivity contribution is 6.00. The molecular formula is C32H41N3O4. The van der Waals surface area contributed by atoms with E-state index < -0.39 is 5.97 Å². The van der Waals surface area contributed by atoms with Crippen LogP contribution in [0.5, 0.6) is 5.75 Å². The van der Waals surface area contributed by atoms with Gasteiger partial charge in [0.25, 0.3) is 5.91 Å². The van der Waals surface area contributed by atoms with Crippen LogP contribution in [0.15, 0.2) is 18.2 Å². The molecule has 7 nitrogen and oxygen atoms in total. The van der Waals surface area contributed by atoms with E-state index >= 15 is 0 Å². The predicted molar refractivity (Wildman–Crippen MR) is 150 cm³/mol. The number of piperidine rings is 1. The van der Waals surface area contributed by atoms with Gasteiger partial charge < -0.3 is 14.4 Å². The van der Waals surface area contributed by atoms with Gasteiger partial charge in [0.05, 0.1) is 36.2 Å². The van der Waals surface area contributed by atoms with Gasteiger partial charge in [-0.3, -0.25) is 14.7 Å². The molecule has 2 saturated carbocycles. The molecule has 1 aromatic carbocycles. The standard InChI is InChI=1S/C32H41N3O4/c1-4-39-29-17-21(16-26(22-8-9-22)30(29)23-6-5-7-23)19-34-13-10-24(11-14-34)35-15-12-28-27(31(35)36)18-25(20(2)33-28)32(37)38-3/h16-18,22-24H,4-15,19H2,1-3H3. The molecule has 2 aliphatic carbocycles. The van der Waals surface area contributed by atoms with Crippen LogP contribution in [0.1, 0.15) is 112 Å². The minimum absolute atomic E-state index is 0.00522. The Morgan fingerprint density at radius 1 is 1.03 bits per heavy atom. The average Bonchev–Trinajstić information content (AvgIpc) is 3.75. The number of aryl methyl sites for hydroxylation is 1. The maximum Gasteiger partial charge on any atom is 0.339 e. The zero-order chi connectivity index (χ0) is 27.1. The summed E-state index contributed by atoms with van der Waals surface area (Å²) < 4.78 is 11.1. The highest BCUT2D eigenvalue weighted by Crippen LogP contribution is 2.51. The summed E-state index contributed by atoms with van der Waals surface area (Å²) >= 11 is 0. The number of benzene rings is 1. The number of ether oxygens (including phenoxy) is 2. The molecule has 0 radical (unpaired) electrons. The van der Waals surface area contributed by atoms with E-state index in [0.717, 1.165) is 56.3 Å². The van der Waals surface area contributed by atoms with Gasteiger partial charge in [0.15, 0.2) is 0 Å². The lowest BCUT2D eigenvalue weighted by molar-refractivity contribution is 0.0543. The number of likely N-dealkylation sites (tertiary alicyclic amines) is 1. The van der Waals surface area contributed by atoms with Gasteiger partial charge in [-0.1, -0.05) is 12.5 Å². The summed E-state index contributed by atoms with van der Waals surface area (Å²) in [6.45, 7) is 8.15. The van der Waals surface area contributed by atoms with Gasteiger partial charge in [-0.05, 0) is 87.5 Å². The first-order valence-electron chi connectivity index (χ1n) is 14.9. The molecule has 0 atom stereocenters. The molecule has 6 rings (SSSR count). The van der Waals surface area contributed by atoms with Gasteiger partial charge in [-0.15, -0.1) is 0 Å². The quantitative estimate of drug-likeness (QED) is 0.426. The Morgan fingerprint density at radius 3 is 2.44 bits per heavy atom. The third-order valence-corrected chi connectivity index (χ3v) is 9.25. The molecule has 2 aromatic rings. The van der Waals surface area contributed by atoms with Crippen LogP contribution in [0.3, 0.4) is 0 Å². The second-order valence-corrected chi connectivity index (χ2v) is 11.8. The number of rotatable bonds is 8. The van der Waals surface area contributed by atoms with Crippen molar-refractivity contribution >= 4 is 11.9 Å².